The van der Waals surface area contributed by atoms with Gasteiger partial charge in [0.15, 0.2) is 0 Å². The molecule has 4 aliphatic rings. The Morgan fingerprint density at radius 3 is 2.52 bits per heavy atom. The highest BCUT2D eigenvalue weighted by molar-refractivity contribution is 7.84. The third-order valence-corrected chi connectivity index (χ3v) is 14.2. The number of anilines is 1. The number of fused-ring (bicyclic) bond motifs is 2. The second-order valence-electron chi connectivity index (χ2n) is 15.8. The Morgan fingerprint density at radius 1 is 1.02 bits per heavy atom. The average Bonchev–Trinajstić information content (AvgIpc) is 3.31. The van der Waals surface area contributed by atoms with Gasteiger partial charge in [0.2, 0.25) is 0 Å². The van der Waals surface area contributed by atoms with Crippen LogP contribution in [0.3, 0.4) is 0 Å². The van der Waals surface area contributed by atoms with Crippen LogP contribution in [-0.4, -0.2) is 96.8 Å². The van der Waals surface area contributed by atoms with Crippen LogP contribution in [0, 0.1) is 17.8 Å². The summed E-state index contributed by atoms with van der Waals surface area (Å²) >= 11 is 6.51. The molecule has 0 aromatic heterocycles. The zero-order valence-corrected chi connectivity index (χ0v) is 33.7. The molecule has 1 amide bonds. The van der Waals surface area contributed by atoms with Crippen molar-refractivity contribution in [3.8, 4) is 5.75 Å². The summed E-state index contributed by atoms with van der Waals surface area (Å²) in [7, 11) is 0.365. The number of benzene rings is 2. The van der Waals surface area contributed by atoms with E-state index in [1.165, 1.54) is 30.5 Å². The summed E-state index contributed by atoms with van der Waals surface area (Å²) in [6.07, 6.45) is 12.1. The molecule has 1 aliphatic carbocycles. The molecule has 6 rings (SSSR count). The normalized spacial score (nSPS) is 31.1. The third kappa shape index (κ3) is 8.92. The van der Waals surface area contributed by atoms with Crippen molar-refractivity contribution in [2.24, 2.45) is 17.8 Å². The van der Waals surface area contributed by atoms with Crippen LogP contribution in [0.4, 0.5) is 5.69 Å². The zero-order valence-electron chi connectivity index (χ0n) is 32.1. The average molecular weight is 753 g/mol. The minimum atomic E-state index is -1.54. The molecule has 0 spiro atoms. The van der Waals surface area contributed by atoms with E-state index in [1.54, 1.807) is 6.07 Å². The number of rotatable bonds is 9. The number of carbonyl (C=O) groups excluding carboxylic acids is 1. The van der Waals surface area contributed by atoms with Gasteiger partial charge < -0.3 is 19.3 Å². The van der Waals surface area contributed by atoms with Gasteiger partial charge in [0.1, 0.15) is 22.3 Å². The number of hydrogen-bond donors (Lipinski definition) is 1. The first kappa shape index (κ1) is 39.3. The monoisotopic (exact) mass is 752 g/mol. The summed E-state index contributed by atoms with van der Waals surface area (Å²) in [5.41, 5.74) is 3.54. The van der Waals surface area contributed by atoms with Crippen molar-refractivity contribution in [1.29, 1.82) is 0 Å². The molecule has 0 radical (unpaired) electrons. The summed E-state index contributed by atoms with van der Waals surface area (Å²) in [5, 5.41) is 0.541. The van der Waals surface area contributed by atoms with Crippen molar-refractivity contribution < 1.29 is 18.5 Å². The van der Waals surface area contributed by atoms with Crippen LogP contribution in [0.5, 0.6) is 5.75 Å². The van der Waals surface area contributed by atoms with Crippen molar-refractivity contribution in [3.05, 3.63) is 70.3 Å². The lowest BCUT2D eigenvalue weighted by atomic mass is 9.63. The fourth-order valence-corrected chi connectivity index (χ4v) is 9.99. The quantitative estimate of drug-likeness (QED) is 0.267. The Bertz CT molecular complexity index is 1580. The van der Waals surface area contributed by atoms with Crippen LogP contribution in [0.25, 0.3) is 0 Å². The number of hydrogen-bond acceptors (Lipinski definition) is 7. The molecule has 2 aromatic rings. The number of ether oxygens (including phenoxy) is 2. The lowest BCUT2D eigenvalue weighted by Crippen LogP contribution is -2.58. The van der Waals surface area contributed by atoms with Gasteiger partial charge in [-0.15, -0.1) is 0 Å². The number of nitrogens with one attached hydrogen (secondary N) is 1. The van der Waals surface area contributed by atoms with E-state index in [0.717, 1.165) is 94.4 Å². The van der Waals surface area contributed by atoms with Crippen LogP contribution in [-0.2, 0) is 22.1 Å². The molecule has 7 unspecified atom stereocenters. The maximum atomic E-state index is 13.6. The number of allylic oxidation sites excluding steroid dienone is 1. The van der Waals surface area contributed by atoms with E-state index in [4.69, 9.17) is 21.1 Å². The Hall–Kier alpha value is -2.43. The van der Waals surface area contributed by atoms with Gasteiger partial charge in [0.05, 0.1) is 17.5 Å². The Labute approximate surface area is 320 Å². The highest BCUT2D eigenvalue weighted by atomic mass is 35.5. The first-order chi connectivity index (χ1) is 25.1. The molecule has 3 heterocycles. The Morgan fingerprint density at radius 2 is 1.81 bits per heavy atom. The standard InChI is InChI=1S/C42H61ClN4O4S/c1-6-8-19-45-20-22-46(23-21-45)29-42(50-5)18-9-11-30(3)31(4)52(49)44-41(48)33-13-17-40-39(25-33)47(26-34-12-16-38(34)42)27-35(28-51-40)37-15-14-36(43)24-32(37)10-7-2/h9,13-15,17-18,24-25,30-31,34-35,38H,6-8,10-12,16,19-23,26-29H2,1-5H3,(H,44,48)/b18-9+. The van der Waals surface area contributed by atoms with Crippen LogP contribution < -0.4 is 14.4 Å². The largest absolute Gasteiger partial charge is 0.491 e. The molecule has 2 aromatic carbocycles. The maximum Gasteiger partial charge on any atom is 0.263 e. The molecule has 1 saturated carbocycles. The van der Waals surface area contributed by atoms with Gasteiger partial charge >= 0.3 is 0 Å². The van der Waals surface area contributed by atoms with Crippen LogP contribution in [0.2, 0.25) is 5.02 Å². The van der Waals surface area contributed by atoms with Crippen molar-refractivity contribution in [3.63, 3.8) is 0 Å². The molecule has 286 valence electrons. The van der Waals surface area contributed by atoms with Crippen molar-refractivity contribution in [2.75, 3.05) is 71.0 Å². The minimum absolute atomic E-state index is 0.109. The van der Waals surface area contributed by atoms with Crippen molar-refractivity contribution >= 4 is 34.2 Å². The molecule has 2 fully saturated rings. The molecule has 10 heteroatoms. The van der Waals surface area contributed by atoms with E-state index in [9.17, 15) is 9.00 Å². The summed E-state index contributed by atoms with van der Waals surface area (Å²) in [6.45, 7) is 17.0. The fraction of sp³-hybridized carbons (Fsp3) is 0.643. The van der Waals surface area contributed by atoms with Gasteiger partial charge in [-0.3, -0.25) is 14.4 Å². The predicted molar refractivity (Wildman–Crippen MR) is 214 cm³/mol. The smallest absolute Gasteiger partial charge is 0.263 e. The molecule has 7 atom stereocenters. The zero-order chi connectivity index (χ0) is 36.8. The first-order valence-corrected chi connectivity index (χ1v) is 21.4. The fourth-order valence-electron chi connectivity index (χ4n) is 8.78. The van der Waals surface area contributed by atoms with Gasteiger partial charge in [-0.05, 0) is 105 Å². The second-order valence-corrected chi connectivity index (χ2v) is 17.8. The van der Waals surface area contributed by atoms with Crippen molar-refractivity contribution in [1.82, 2.24) is 14.5 Å². The molecular formula is C42H61ClN4O4S. The lowest BCUT2D eigenvalue weighted by molar-refractivity contribution is -0.0954. The third-order valence-electron chi connectivity index (χ3n) is 12.4. The lowest BCUT2D eigenvalue weighted by Gasteiger charge is -2.52. The number of methoxy groups -OCH3 is 1. The van der Waals surface area contributed by atoms with Gasteiger partial charge in [-0.25, -0.2) is 4.21 Å². The van der Waals surface area contributed by atoms with Gasteiger partial charge in [-0.2, -0.15) is 0 Å². The minimum Gasteiger partial charge on any atom is -0.491 e. The van der Waals surface area contributed by atoms with E-state index in [0.29, 0.717) is 24.0 Å². The second kappa shape index (κ2) is 17.8. The highest BCUT2D eigenvalue weighted by Crippen LogP contribution is 2.47. The van der Waals surface area contributed by atoms with Gasteiger partial charge in [-0.1, -0.05) is 63.4 Å². The van der Waals surface area contributed by atoms with E-state index in [1.807, 2.05) is 32.2 Å². The van der Waals surface area contributed by atoms with Crippen LogP contribution in [0.15, 0.2) is 48.6 Å². The summed E-state index contributed by atoms with van der Waals surface area (Å²) < 4.78 is 29.6. The van der Waals surface area contributed by atoms with Gasteiger partial charge in [0, 0.05) is 69.4 Å². The molecule has 3 aliphatic heterocycles. The van der Waals surface area contributed by atoms with E-state index in [-0.39, 0.29) is 23.0 Å². The number of nitrogens with zero attached hydrogens (tertiary/aromatic N) is 3. The molecule has 52 heavy (non-hydrogen) atoms. The number of carbonyl (C=O) groups is 1. The van der Waals surface area contributed by atoms with E-state index in [2.05, 4.69) is 64.5 Å². The predicted octanol–water partition coefficient (Wildman–Crippen LogP) is 7.48. The Balaban J connectivity index is 1.35. The molecular weight excluding hydrogens is 692 g/mol. The highest BCUT2D eigenvalue weighted by Gasteiger charge is 2.48. The first-order valence-electron chi connectivity index (χ1n) is 19.8. The van der Waals surface area contributed by atoms with Crippen LogP contribution >= 0.6 is 11.6 Å². The topological polar surface area (TPSA) is 74.4 Å². The summed E-state index contributed by atoms with van der Waals surface area (Å²) in [5.74, 6) is 1.43. The van der Waals surface area contributed by atoms with E-state index < -0.39 is 16.6 Å². The molecule has 1 N–H and O–H groups in total. The number of piperazine rings is 1. The number of aryl methyl sites for hydroxylation is 1. The van der Waals surface area contributed by atoms with Gasteiger partial charge in [0.25, 0.3) is 5.91 Å². The SMILES string of the molecule is CCCCN1CCN(CC2(OC)/C=C/CC(C)C(C)S(=O)NC(=O)c3ccc4c(c3)N(CC(c3ccc(Cl)cc3CCC)CO4)CC3CCC32)CC1. The molecule has 1 saturated heterocycles. The van der Waals surface area contributed by atoms with Crippen molar-refractivity contribution in [2.45, 2.75) is 89.4 Å². The number of halogens is 1. The number of amides is 1. The maximum absolute atomic E-state index is 13.6. The number of unbranched alkanes of at least 4 members (excludes halogenated alkanes) is 1. The molecule has 2 bridgehead atoms. The summed E-state index contributed by atoms with van der Waals surface area (Å²) in [4.78, 5) is 21.3. The summed E-state index contributed by atoms with van der Waals surface area (Å²) in [6, 6.07) is 12.0. The van der Waals surface area contributed by atoms with Crippen LogP contribution in [0.1, 0.15) is 93.6 Å². The molecule has 8 nitrogen and oxygen atoms in total. The Kier molecular flexibility index (Phi) is 13.4. The van der Waals surface area contributed by atoms with E-state index >= 15 is 0 Å².